The van der Waals surface area contributed by atoms with Crippen molar-refractivity contribution in [1.29, 1.82) is 0 Å². The Kier molecular flexibility index (Phi) is 4.78. The van der Waals surface area contributed by atoms with Crippen molar-refractivity contribution in [3.63, 3.8) is 0 Å². The van der Waals surface area contributed by atoms with E-state index in [0.29, 0.717) is 10.2 Å². The summed E-state index contributed by atoms with van der Waals surface area (Å²) in [5.41, 5.74) is 1.24. The summed E-state index contributed by atoms with van der Waals surface area (Å²) < 4.78 is 14.6. The van der Waals surface area contributed by atoms with Crippen LogP contribution in [0.25, 0.3) is 21.3 Å². The number of amides is 1. The summed E-state index contributed by atoms with van der Waals surface area (Å²) in [6.07, 6.45) is 4.58. The molecule has 1 aromatic carbocycles. The maximum atomic E-state index is 13.2. The average molecular weight is 385 g/mol. The number of hydrogen-bond acceptors (Lipinski definition) is 4. The lowest BCUT2D eigenvalue weighted by Gasteiger charge is -2.33. The lowest BCUT2D eigenvalue weighted by molar-refractivity contribution is -0.135. The highest BCUT2D eigenvalue weighted by atomic mass is 32.1. The number of hydrogen-bond donors (Lipinski definition) is 0. The normalized spacial score (nSPS) is 17.4. The summed E-state index contributed by atoms with van der Waals surface area (Å²) in [6.45, 7) is 2.78. The highest BCUT2D eigenvalue weighted by Crippen LogP contribution is 2.30. The van der Waals surface area contributed by atoms with Crippen LogP contribution in [0.15, 0.2) is 40.8 Å². The van der Waals surface area contributed by atoms with E-state index in [1.54, 1.807) is 12.1 Å². The SMILES string of the molecule is CC1CCCCN1C(=O)Cn1cnc2scc(-c3ccc(F)cc3)c2c1=O. The number of fused-ring (bicyclic) bond motifs is 1. The molecule has 1 atom stereocenters. The van der Waals surface area contributed by atoms with Gasteiger partial charge < -0.3 is 4.90 Å². The van der Waals surface area contributed by atoms with E-state index in [1.807, 2.05) is 17.2 Å². The van der Waals surface area contributed by atoms with Crippen LogP contribution in [0.4, 0.5) is 4.39 Å². The van der Waals surface area contributed by atoms with Crippen LogP contribution in [-0.4, -0.2) is 32.9 Å². The van der Waals surface area contributed by atoms with Crippen LogP contribution in [0.2, 0.25) is 0 Å². The Hall–Kier alpha value is -2.54. The fraction of sp³-hybridized carbons (Fsp3) is 0.350. The Morgan fingerprint density at radius 1 is 1.30 bits per heavy atom. The van der Waals surface area contributed by atoms with Gasteiger partial charge in [0.25, 0.3) is 5.56 Å². The monoisotopic (exact) mass is 385 g/mol. The van der Waals surface area contributed by atoms with Gasteiger partial charge in [-0.2, -0.15) is 0 Å². The molecule has 1 unspecified atom stereocenters. The van der Waals surface area contributed by atoms with Crippen LogP contribution >= 0.6 is 11.3 Å². The van der Waals surface area contributed by atoms with Gasteiger partial charge in [0.2, 0.25) is 5.91 Å². The number of benzene rings is 1. The van der Waals surface area contributed by atoms with E-state index >= 15 is 0 Å². The van der Waals surface area contributed by atoms with Crippen molar-refractivity contribution in [3.05, 3.63) is 52.1 Å². The number of carbonyl (C=O) groups is 1. The number of rotatable bonds is 3. The first-order valence-corrected chi connectivity index (χ1v) is 9.94. The van der Waals surface area contributed by atoms with Crippen LogP contribution in [0.3, 0.4) is 0 Å². The summed E-state index contributed by atoms with van der Waals surface area (Å²) in [5, 5.41) is 2.33. The molecule has 2 aromatic heterocycles. The zero-order valence-electron chi connectivity index (χ0n) is 15.0. The van der Waals surface area contributed by atoms with Gasteiger partial charge >= 0.3 is 0 Å². The minimum absolute atomic E-state index is 0.00911. The third-order valence-electron chi connectivity index (χ3n) is 5.14. The second-order valence-electron chi connectivity index (χ2n) is 6.95. The van der Waals surface area contributed by atoms with E-state index in [4.69, 9.17) is 0 Å². The first kappa shape index (κ1) is 17.9. The molecule has 0 N–H and O–H groups in total. The van der Waals surface area contributed by atoms with Gasteiger partial charge in [0.15, 0.2) is 0 Å². The third-order valence-corrected chi connectivity index (χ3v) is 6.03. The van der Waals surface area contributed by atoms with Crippen LogP contribution in [0, 0.1) is 5.82 Å². The number of halogens is 1. The van der Waals surface area contributed by atoms with Gasteiger partial charge in [-0.1, -0.05) is 12.1 Å². The fourth-order valence-corrected chi connectivity index (χ4v) is 4.53. The molecule has 1 fully saturated rings. The lowest BCUT2D eigenvalue weighted by Crippen LogP contribution is -2.44. The molecule has 0 saturated carbocycles. The van der Waals surface area contributed by atoms with Crippen molar-refractivity contribution in [3.8, 4) is 11.1 Å². The molecule has 1 saturated heterocycles. The largest absolute Gasteiger partial charge is 0.338 e. The van der Waals surface area contributed by atoms with Crippen LogP contribution in [0.5, 0.6) is 0 Å². The Morgan fingerprint density at radius 2 is 2.07 bits per heavy atom. The summed E-state index contributed by atoms with van der Waals surface area (Å²) in [6, 6.07) is 6.24. The topological polar surface area (TPSA) is 55.2 Å². The van der Waals surface area contributed by atoms with E-state index in [9.17, 15) is 14.0 Å². The molecule has 3 aromatic rings. The van der Waals surface area contributed by atoms with Crippen LogP contribution in [0.1, 0.15) is 26.2 Å². The van der Waals surface area contributed by atoms with E-state index < -0.39 is 0 Å². The minimum Gasteiger partial charge on any atom is -0.338 e. The molecule has 0 spiro atoms. The zero-order valence-corrected chi connectivity index (χ0v) is 15.8. The summed E-state index contributed by atoms with van der Waals surface area (Å²) in [4.78, 5) is 32.6. The minimum atomic E-state index is -0.324. The van der Waals surface area contributed by atoms with Crippen molar-refractivity contribution >= 4 is 27.5 Å². The van der Waals surface area contributed by atoms with Gasteiger partial charge in [-0.05, 0) is 43.9 Å². The second kappa shape index (κ2) is 7.23. The number of aromatic nitrogens is 2. The molecule has 5 nitrogen and oxygen atoms in total. The molecule has 27 heavy (non-hydrogen) atoms. The Morgan fingerprint density at radius 3 is 2.81 bits per heavy atom. The van der Waals surface area contributed by atoms with Crippen molar-refractivity contribution in [1.82, 2.24) is 14.5 Å². The van der Waals surface area contributed by atoms with Gasteiger partial charge in [0.05, 0.1) is 11.7 Å². The number of carbonyl (C=O) groups excluding carboxylic acids is 1. The molecule has 140 valence electrons. The maximum Gasteiger partial charge on any atom is 0.263 e. The highest BCUT2D eigenvalue weighted by Gasteiger charge is 2.24. The molecular weight excluding hydrogens is 365 g/mol. The molecule has 3 heterocycles. The molecule has 1 aliphatic rings. The number of piperidine rings is 1. The average Bonchev–Trinajstić information content (AvgIpc) is 3.10. The summed E-state index contributed by atoms with van der Waals surface area (Å²) >= 11 is 1.37. The highest BCUT2D eigenvalue weighted by molar-refractivity contribution is 7.17. The van der Waals surface area contributed by atoms with E-state index in [0.717, 1.165) is 36.9 Å². The lowest BCUT2D eigenvalue weighted by atomic mass is 10.0. The Balaban J connectivity index is 1.69. The van der Waals surface area contributed by atoms with Crippen molar-refractivity contribution in [2.24, 2.45) is 0 Å². The zero-order chi connectivity index (χ0) is 19.0. The van der Waals surface area contributed by atoms with Crippen LogP contribution < -0.4 is 5.56 Å². The first-order chi connectivity index (χ1) is 13.0. The van der Waals surface area contributed by atoms with Crippen molar-refractivity contribution < 1.29 is 9.18 Å². The van der Waals surface area contributed by atoms with Gasteiger partial charge in [0, 0.05) is 23.5 Å². The number of likely N-dealkylation sites (tertiary alicyclic amines) is 1. The molecule has 4 rings (SSSR count). The number of thiophene rings is 1. The molecule has 1 amide bonds. The van der Waals surface area contributed by atoms with Gasteiger partial charge in [-0.25, -0.2) is 9.37 Å². The quantitative estimate of drug-likeness (QED) is 0.691. The standard InChI is InChI=1S/C20H20FN3O2S/c1-13-4-2-3-9-24(13)17(25)10-23-12-22-19-18(20(23)26)16(11-27-19)14-5-7-15(21)8-6-14/h5-8,11-13H,2-4,9-10H2,1H3. The molecular formula is C20H20FN3O2S. The molecule has 7 heteroatoms. The molecule has 1 aliphatic heterocycles. The second-order valence-corrected chi connectivity index (χ2v) is 7.80. The molecule has 0 radical (unpaired) electrons. The van der Waals surface area contributed by atoms with E-state index in [-0.39, 0.29) is 29.9 Å². The third kappa shape index (κ3) is 3.39. The van der Waals surface area contributed by atoms with Gasteiger partial charge in [0.1, 0.15) is 17.2 Å². The van der Waals surface area contributed by atoms with Gasteiger partial charge in [-0.15, -0.1) is 11.3 Å². The predicted molar refractivity (Wildman–Crippen MR) is 104 cm³/mol. The fourth-order valence-electron chi connectivity index (χ4n) is 3.63. The molecule has 0 aliphatic carbocycles. The Bertz CT molecular complexity index is 1040. The number of nitrogens with zero attached hydrogens (tertiary/aromatic N) is 3. The van der Waals surface area contributed by atoms with Gasteiger partial charge in [-0.3, -0.25) is 14.2 Å². The Labute approximate surface area is 160 Å². The van der Waals surface area contributed by atoms with E-state index in [2.05, 4.69) is 4.98 Å². The van der Waals surface area contributed by atoms with Crippen molar-refractivity contribution in [2.75, 3.05) is 6.54 Å². The van der Waals surface area contributed by atoms with Crippen molar-refractivity contribution in [2.45, 2.75) is 38.8 Å². The predicted octanol–water partition coefficient (Wildman–Crippen LogP) is 3.67. The summed E-state index contributed by atoms with van der Waals surface area (Å²) in [7, 11) is 0. The van der Waals surface area contributed by atoms with E-state index in [1.165, 1.54) is 34.4 Å². The smallest absolute Gasteiger partial charge is 0.263 e. The maximum absolute atomic E-state index is 13.2. The molecule has 0 bridgehead atoms. The van der Waals surface area contributed by atoms with Crippen LogP contribution in [-0.2, 0) is 11.3 Å². The summed E-state index contributed by atoms with van der Waals surface area (Å²) in [5.74, 6) is -0.376. The first-order valence-electron chi connectivity index (χ1n) is 9.06.